The molecule has 4 nitrogen and oxygen atoms in total. The molecule has 2 atom stereocenters. The number of hydrogen-bond acceptors (Lipinski definition) is 4. The summed E-state index contributed by atoms with van der Waals surface area (Å²) in [4.78, 5) is 2.41. The van der Waals surface area contributed by atoms with Gasteiger partial charge < -0.3 is 14.2 Å². The number of hydrogen-bond donors (Lipinski definition) is 0. The van der Waals surface area contributed by atoms with E-state index >= 15 is 0 Å². The van der Waals surface area contributed by atoms with Crippen LogP contribution < -0.4 is 4.74 Å². The zero-order chi connectivity index (χ0) is 15.8. The predicted molar refractivity (Wildman–Crippen MR) is 88.6 cm³/mol. The summed E-state index contributed by atoms with van der Waals surface area (Å²) in [6, 6.07) is 8.25. The van der Waals surface area contributed by atoms with Crippen molar-refractivity contribution in [3.8, 4) is 5.75 Å². The Morgan fingerprint density at radius 1 is 1.14 bits per heavy atom. The minimum Gasteiger partial charge on any atom is -0.491 e. The van der Waals surface area contributed by atoms with Crippen LogP contribution in [-0.4, -0.2) is 56.6 Å². The summed E-state index contributed by atoms with van der Waals surface area (Å²) in [6.45, 7) is 11.3. The average Bonchev–Trinajstić information content (AvgIpc) is 2.50. The van der Waals surface area contributed by atoms with E-state index < -0.39 is 0 Å². The summed E-state index contributed by atoms with van der Waals surface area (Å²) in [6.07, 6.45) is 1.67. The Bertz CT molecular complexity index is 428. The molecule has 1 aromatic rings. The first-order valence-electron chi connectivity index (χ1n) is 8.34. The second-order valence-corrected chi connectivity index (χ2v) is 5.98. The van der Waals surface area contributed by atoms with Crippen LogP contribution in [0.1, 0.15) is 26.3 Å². The molecule has 22 heavy (non-hydrogen) atoms. The molecule has 0 radical (unpaired) electrons. The largest absolute Gasteiger partial charge is 0.491 e. The standard InChI is InChI=1S/C18H29NO3/c1-4-17-6-5-7-18(12-17)21-11-10-20-9-8-19-13-15(2)22-16(3)14-19/h5-7,12,15-16H,4,8-11,13-14H2,1-3H3. The molecule has 1 fully saturated rings. The van der Waals surface area contributed by atoms with E-state index in [4.69, 9.17) is 14.2 Å². The minimum atomic E-state index is 0.318. The van der Waals surface area contributed by atoms with Crippen molar-refractivity contribution in [2.45, 2.75) is 39.4 Å². The lowest BCUT2D eigenvalue weighted by atomic mass is 10.2. The van der Waals surface area contributed by atoms with Crippen LogP contribution in [0.3, 0.4) is 0 Å². The van der Waals surface area contributed by atoms with Crippen LogP contribution in [0.25, 0.3) is 0 Å². The molecule has 0 N–H and O–H groups in total. The topological polar surface area (TPSA) is 30.9 Å². The number of rotatable bonds is 8. The smallest absolute Gasteiger partial charge is 0.119 e. The molecule has 0 bridgehead atoms. The van der Waals surface area contributed by atoms with Gasteiger partial charge >= 0.3 is 0 Å². The van der Waals surface area contributed by atoms with Crippen molar-refractivity contribution in [1.82, 2.24) is 4.90 Å². The average molecular weight is 307 g/mol. The molecule has 2 unspecified atom stereocenters. The fraction of sp³-hybridized carbons (Fsp3) is 0.667. The molecule has 1 aliphatic rings. The third-order valence-electron chi connectivity index (χ3n) is 3.85. The number of nitrogens with zero attached hydrogens (tertiary/aromatic N) is 1. The molecule has 1 saturated heterocycles. The Morgan fingerprint density at radius 3 is 2.64 bits per heavy atom. The Hall–Kier alpha value is -1.10. The highest BCUT2D eigenvalue weighted by molar-refractivity contribution is 5.28. The van der Waals surface area contributed by atoms with Crippen molar-refractivity contribution in [2.75, 3.05) is 39.5 Å². The molecule has 0 aromatic heterocycles. The van der Waals surface area contributed by atoms with Gasteiger partial charge in [-0.25, -0.2) is 0 Å². The van der Waals surface area contributed by atoms with Gasteiger partial charge in [-0.3, -0.25) is 4.90 Å². The normalized spacial score (nSPS) is 22.7. The summed E-state index contributed by atoms with van der Waals surface area (Å²) in [5.74, 6) is 0.929. The number of benzene rings is 1. The molecule has 1 aromatic carbocycles. The van der Waals surface area contributed by atoms with E-state index in [9.17, 15) is 0 Å². The Balaban J connectivity index is 1.55. The summed E-state index contributed by atoms with van der Waals surface area (Å²) in [5, 5.41) is 0. The fourth-order valence-electron chi connectivity index (χ4n) is 2.84. The lowest BCUT2D eigenvalue weighted by molar-refractivity contribution is -0.0734. The Labute approximate surface area is 134 Å². The van der Waals surface area contributed by atoms with Gasteiger partial charge in [0.1, 0.15) is 12.4 Å². The molecule has 1 aliphatic heterocycles. The van der Waals surface area contributed by atoms with E-state index in [2.05, 4.69) is 37.8 Å². The van der Waals surface area contributed by atoms with Crippen molar-refractivity contribution in [1.29, 1.82) is 0 Å². The minimum absolute atomic E-state index is 0.318. The maximum absolute atomic E-state index is 5.73. The molecule has 2 rings (SSSR count). The third-order valence-corrected chi connectivity index (χ3v) is 3.85. The fourth-order valence-corrected chi connectivity index (χ4v) is 2.84. The predicted octanol–water partition coefficient (Wildman–Crippen LogP) is 2.75. The van der Waals surface area contributed by atoms with E-state index in [1.54, 1.807) is 0 Å². The van der Waals surface area contributed by atoms with Crippen molar-refractivity contribution < 1.29 is 14.2 Å². The zero-order valence-corrected chi connectivity index (χ0v) is 14.1. The van der Waals surface area contributed by atoms with Crippen LogP contribution in [0.15, 0.2) is 24.3 Å². The van der Waals surface area contributed by atoms with Crippen LogP contribution in [0.4, 0.5) is 0 Å². The van der Waals surface area contributed by atoms with Crippen molar-refractivity contribution in [3.63, 3.8) is 0 Å². The maximum atomic E-state index is 5.73. The number of ether oxygens (including phenoxy) is 3. The molecule has 1 heterocycles. The van der Waals surface area contributed by atoms with Gasteiger partial charge in [0, 0.05) is 19.6 Å². The van der Waals surface area contributed by atoms with Crippen LogP contribution in [0.5, 0.6) is 5.75 Å². The highest BCUT2D eigenvalue weighted by Crippen LogP contribution is 2.13. The van der Waals surface area contributed by atoms with Gasteiger partial charge in [-0.15, -0.1) is 0 Å². The lowest BCUT2D eigenvalue weighted by Gasteiger charge is -2.35. The third kappa shape index (κ3) is 5.95. The summed E-state index contributed by atoms with van der Waals surface area (Å²) >= 11 is 0. The quantitative estimate of drug-likeness (QED) is 0.691. The molecular weight excluding hydrogens is 278 g/mol. The summed E-state index contributed by atoms with van der Waals surface area (Å²) < 4.78 is 17.1. The van der Waals surface area contributed by atoms with Crippen LogP contribution in [-0.2, 0) is 15.9 Å². The van der Waals surface area contributed by atoms with Gasteiger partial charge in [0.15, 0.2) is 0 Å². The first-order valence-corrected chi connectivity index (χ1v) is 8.34. The maximum Gasteiger partial charge on any atom is 0.119 e. The Kier molecular flexibility index (Phi) is 7.16. The first kappa shape index (κ1) is 17.3. The second-order valence-electron chi connectivity index (χ2n) is 5.98. The van der Waals surface area contributed by atoms with E-state index in [1.807, 2.05) is 12.1 Å². The summed E-state index contributed by atoms with van der Waals surface area (Å²) in [5.41, 5.74) is 1.30. The molecule has 4 heteroatoms. The highest BCUT2D eigenvalue weighted by Gasteiger charge is 2.21. The van der Waals surface area contributed by atoms with Gasteiger partial charge in [-0.1, -0.05) is 19.1 Å². The van der Waals surface area contributed by atoms with Crippen molar-refractivity contribution in [2.24, 2.45) is 0 Å². The van der Waals surface area contributed by atoms with Gasteiger partial charge in [-0.05, 0) is 38.0 Å². The molecule has 124 valence electrons. The monoisotopic (exact) mass is 307 g/mol. The van der Waals surface area contributed by atoms with E-state index in [-0.39, 0.29) is 0 Å². The summed E-state index contributed by atoms with van der Waals surface area (Å²) in [7, 11) is 0. The van der Waals surface area contributed by atoms with Crippen LogP contribution in [0.2, 0.25) is 0 Å². The van der Waals surface area contributed by atoms with Crippen LogP contribution >= 0.6 is 0 Å². The molecule has 0 amide bonds. The van der Waals surface area contributed by atoms with Gasteiger partial charge in [0.25, 0.3) is 0 Å². The Morgan fingerprint density at radius 2 is 1.91 bits per heavy atom. The number of aryl methyl sites for hydroxylation is 1. The van der Waals surface area contributed by atoms with Gasteiger partial charge in [0.05, 0.1) is 25.4 Å². The van der Waals surface area contributed by atoms with Gasteiger partial charge in [0.2, 0.25) is 0 Å². The molecular formula is C18H29NO3. The van der Waals surface area contributed by atoms with Crippen molar-refractivity contribution in [3.05, 3.63) is 29.8 Å². The zero-order valence-electron chi connectivity index (χ0n) is 14.1. The molecule has 0 aliphatic carbocycles. The number of morpholine rings is 1. The van der Waals surface area contributed by atoms with E-state index in [0.29, 0.717) is 25.4 Å². The molecule has 0 spiro atoms. The van der Waals surface area contributed by atoms with Crippen molar-refractivity contribution >= 4 is 0 Å². The van der Waals surface area contributed by atoms with E-state index in [0.717, 1.165) is 38.4 Å². The first-order chi connectivity index (χ1) is 10.7. The highest BCUT2D eigenvalue weighted by atomic mass is 16.5. The van der Waals surface area contributed by atoms with Crippen LogP contribution in [0, 0.1) is 0 Å². The lowest BCUT2D eigenvalue weighted by Crippen LogP contribution is -2.46. The van der Waals surface area contributed by atoms with Gasteiger partial charge in [-0.2, -0.15) is 0 Å². The second kappa shape index (κ2) is 9.13. The van der Waals surface area contributed by atoms with E-state index in [1.165, 1.54) is 5.56 Å². The molecule has 0 saturated carbocycles. The SMILES string of the molecule is CCc1cccc(OCCOCCN2CC(C)OC(C)C2)c1.